The molecule has 7 nitrogen and oxygen atoms in total. The molecule has 140 valence electrons. The Hall–Kier alpha value is -2.87. The van der Waals surface area contributed by atoms with E-state index in [1.165, 1.54) is 23.9 Å². The number of nitro groups is 1. The van der Waals surface area contributed by atoms with Gasteiger partial charge in [-0.15, -0.1) is 11.8 Å². The van der Waals surface area contributed by atoms with Crippen LogP contribution in [0.4, 0.5) is 17.1 Å². The van der Waals surface area contributed by atoms with Crippen LogP contribution in [0.15, 0.2) is 53.4 Å². The Balaban J connectivity index is 1.57. The van der Waals surface area contributed by atoms with E-state index in [-0.39, 0.29) is 22.8 Å². The van der Waals surface area contributed by atoms with Gasteiger partial charge in [0.2, 0.25) is 11.8 Å². The minimum absolute atomic E-state index is 0.0213. The molecular formula is C19H19N3O4S. The summed E-state index contributed by atoms with van der Waals surface area (Å²) in [7, 11) is 0. The third-order valence-electron chi connectivity index (χ3n) is 4.25. The molecule has 2 aromatic rings. The molecular weight excluding hydrogens is 366 g/mol. The van der Waals surface area contributed by atoms with Crippen LogP contribution in [0.1, 0.15) is 19.8 Å². The van der Waals surface area contributed by atoms with Crippen molar-refractivity contribution in [2.45, 2.75) is 29.9 Å². The normalized spacial score (nSPS) is 14.9. The summed E-state index contributed by atoms with van der Waals surface area (Å²) in [4.78, 5) is 36.9. The summed E-state index contributed by atoms with van der Waals surface area (Å²) < 4.78 is 0. The smallest absolute Gasteiger partial charge is 0.269 e. The van der Waals surface area contributed by atoms with Gasteiger partial charge in [0.05, 0.1) is 10.2 Å². The van der Waals surface area contributed by atoms with Crippen LogP contribution in [0, 0.1) is 10.1 Å². The zero-order valence-corrected chi connectivity index (χ0v) is 15.6. The topological polar surface area (TPSA) is 92.5 Å². The number of benzene rings is 2. The van der Waals surface area contributed by atoms with Gasteiger partial charge in [0, 0.05) is 41.4 Å². The zero-order valence-electron chi connectivity index (χ0n) is 14.8. The Bertz CT molecular complexity index is 852. The molecule has 1 aliphatic heterocycles. The fourth-order valence-corrected chi connectivity index (χ4v) is 3.66. The zero-order chi connectivity index (χ0) is 19.4. The van der Waals surface area contributed by atoms with Crippen molar-refractivity contribution in [3.63, 3.8) is 0 Å². The van der Waals surface area contributed by atoms with Gasteiger partial charge in [0.15, 0.2) is 0 Å². The monoisotopic (exact) mass is 385 g/mol. The van der Waals surface area contributed by atoms with Crippen molar-refractivity contribution < 1.29 is 14.5 Å². The van der Waals surface area contributed by atoms with E-state index in [1.807, 2.05) is 12.1 Å². The Labute approximate surface area is 160 Å². The molecule has 0 saturated carbocycles. The first-order chi connectivity index (χ1) is 12.9. The second-order valence-corrected chi connectivity index (χ2v) is 7.61. The third-order valence-corrected chi connectivity index (χ3v) is 5.36. The highest BCUT2D eigenvalue weighted by atomic mass is 32.2. The fourth-order valence-electron chi connectivity index (χ4n) is 2.79. The molecule has 27 heavy (non-hydrogen) atoms. The highest BCUT2D eigenvalue weighted by molar-refractivity contribution is 8.00. The molecule has 0 aliphatic carbocycles. The van der Waals surface area contributed by atoms with Gasteiger partial charge in [-0.2, -0.15) is 0 Å². The van der Waals surface area contributed by atoms with Crippen LogP contribution < -0.4 is 10.2 Å². The van der Waals surface area contributed by atoms with Crippen LogP contribution in [0.25, 0.3) is 0 Å². The number of carbonyl (C=O) groups is 2. The Kier molecular flexibility index (Phi) is 5.75. The van der Waals surface area contributed by atoms with Crippen LogP contribution in [-0.2, 0) is 9.59 Å². The first kappa shape index (κ1) is 18.9. The quantitative estimate of drug-likeness (QED) is 0.463. The molecule has 3 rings (SSSR count). The lowest BCUT2D eigenvalue weighted by Crippen LogP contribution is -2.24. The number of nitrogens with one attached hydrogen (secondary N) is 1. The number of thioether (sulfide) groups is 1. The van der Waals surface area contributed by atoms with E-state index in [0.29, 0.717) is 12.1 Å². The number of anilines is 2. The minimum atomic E-state index is -0.454. The van der Waals surface area contributed by atoms with Crippen molar-refractivity contribution >= 4 is 40.6 Å². The predicted octanol–water partition coefficient (Wildman–Crippen LogP) is 3.84. The minimum Gasteiger partial charge on any atom is -0.325 e. The van der Waals surface area contributed by atoms with E-state index < -0.39 is 4.92 Å². The first-order valence-corrected chi connectivity index (χ1v) is 9.44. The van der Waals surface area contributed by atoms with Crippen LogP contribution >= 0.6 is 11.8 Å². The van der Waals surface area contributed by atoms with Crippen molar-refractivity contribution in [1.29, 1.82) is 0 Å². The molecule has 1 atom stereocenters. The van der Waals surface area contributed by atoms with E-state index in [0.717, 1.165) is 23.5 Å². The summed E-state index contributed by atoms with van der Waals surface area (Å²) in [5.41, 5.74) is 1.52. The van der Waals surface area contributed by atoms with Gasteiger partial charge in [-0.25, -0.2) is 0 Å². The second kappa shape index (κ2) is 8.22. The maximum Gasteiger partial charge on any atom is 0.269 e. The van der Waals surface area contributed by atoms with Crippen LogP contribution in [0.5, 0.6) is 0 Å². The van der Waals surface area contributed by atoms with Gasteiger partial charge in [0.25, 0.3) is 5.69 Å². The molecule has 1 aliphatic rings. The van der Waals surface area contributed by atoms with Gasteiger partial charge in [-0.1, -0.05) is 0 Å². The molecule has 1 fully saturated rings. The molecule has 1 heterocycles. The van der Waals surface area contributed by atoms with Crippen molar-refractivity contribution in [2.75, 3.05) is 16.8 Å². The Morgan fingerprint density at radius 1 is 1.19 bits per heavy atom. The Morgan fingerprint density at radius 2 is 1.85 bits per heavy atom. The maximum absolute atomic E-state index is 12.4. The number of amides is 2. The van der Waals surface area contributed by atoms with E-state index in [1.54, 1.807) is 36.1 Å². The summed E-state index contributed by atoms with van der Waals surface area (Å²) in [6, 6.07) is 13.3. The van der Waals surface area contributed by atoms with E-state index in [4.69, 9.17) is 0 Å². The Morgan fingerprint density at radius 3 is 2.41 bits per heavy atom. The SMILES string of the molecule is C[C@@H](Sc1ccc([N+](=O)[O-])cc1)C(=O)Nc1ccc(N2CCCC2=O)cc1. The molecule has 0 unspecified atom stereocenters. The molecule has 0 radical (unpaired) electrons. The average molecular weight is 385 g/mol. The maximum atomic E-state index is 12.4. The number of hydrogen-bond acceptors (Lipinski definition) is 5. The lowest BCUT2D eigenvalue weighted by Gasteiger charge is -2.16. The number of nitro benzene ring substituents is 1. The number of hydrogen-bond donors (Lipinski definition) is 1. The molecule has 1 saturated heterocycles. The summed E-state index contributed by atoms with van der Waals surface area (Å²) in [5, 5.41) is 13.2. The van der Waals surface area contributed by atoms with Crippen molar-refractivity contribution in [2.24, 2.45) is 0 Å². The number of nitrogens with zero attached hydrogens (tertiary/aromatic N) is 2. The molecule has 8 heteroatoms. The number of non-ortho nitro benzene ring substituents is 1. The van der Waals surface area contributed by atoms with Gasteiger partial charge >= 0.3 is 0 Å². The van der Waals surface area contributed by atoms with Crippen LogP contribution in [-0.4, -0.2) is 28.5 Å². The predicted molar refractivity (Wildman–Crippen MR) is 105 cm³/mol. The summed E-state index contributed by atoms with van der Waals surface area (Å²) >= 11 is 1.33. The van der Waals surface area contributed by atoms with Crippen molar-refractivity contribution in [1.82, 2.24) is 0 Å². The third kappa shape index (κ3) is 4.65. The molecule has 2 aromatic carbocycles. The van der Waals surface area contributed by atoms with Crippen LogP contribution in [0.3, 0.4) is 0 Å². The van der Waals surface area contributed by atoms with Crippen molar-refractivity contribution in [3.05, 3.63) is 58.6 Å². The lowest BCUT2D eigenvalue weighted by atomic mass is 10.2. The summed E-state index contributed by atoms with van der Waals surface area (Å²) in [6.07, 6.45) is 1.45. The van der Waals surface area contributed by atoms with Gasteiger partial charge in [-0.3, -0.25) is 19.7 Å². The van der Waals surface area contributed by atoms with Crippen molar-refractivity contribution in [3.8, 4) is 0 Å². The summed E-state index contributed by atoms with van der Waals surface area (Å²) in [6.45, 7) is 2.51. The average Bonchev–Trinajstić information content (AvgIpc) is 3.08. The van der Waals surface area contributed by atoms with Crippen LogP contribution in [0.2, 0.25) is 0 Å². The molecule has 0 bridgehead atoms. The van der Waals surface area contributed by atoms with E-state index >= 15 is 0 Å². The van der Waals surface area contributed by atoms with E-state index in [9.17, 15) is 19.7 Å². The van der Waals surface area contributed by atoms with Gasteiger partial charge in [0.1, 0.15) is 0 Å². The fraction of sp³-hybridized carbons (Fsp3) is 0.263. The summed E-state index contributed by atoms with van der Waals surface area (Å²) in [5.74, 6) is -0.0387. The number of carbonyl (C=O) groups excluding carboxylic acids is 2. The molecule has 0 spiro atoms. The highest BCUT2D eigenvalue weighted by Crippen LogP contribution is 2.27. The van der Waals surface area contributed by atoms with E-state index in [2.05, 4.69) is 5.32 Å². The lowest BCUT2D eigenvalue weighted by molar-refractivity contribution is -0.384. The molecule has 0 aromatic heterocycles. The first-order valence-electron chi connectivity index (χ1n) is 8.56. The highest BCUT2D eigenvalue weighted by Gasteiger charge is 2.21. The standard InChI is InChI=1S/C19H19N3O4S/c1-13(27-17-10-8-16(9-11-17)22(25)26)19(24)20-14-4-6-15(7-5-14)21-12-2-3-18(21)23/h4-11,13H,2-3,12H2,1H3,(H,20,24)/t13-/m1/s1. The largest absolute Gasteiger partial charge is 0.325 e. The molecule has 2 amide bonds. The number of rotatable bonds is 6. The second-order valence-electron chi connectivity index (χ2n) is 6.20. The van der Waals surface area contributed by atoms with Gasteiger partial charge < -0.3 is 10.2 Å². The van der Waals surface area contributed by atoms with Gasteiger partial charge in [-0.05, 0) is 49.7 Å². The molecule has 1 N–H and O–H groups in total.